The van der Waals surface area contributed by atoms with Crippen molar-refractivity contribution in [2.24, 2.45) is 5.73 Å². The summed E-state index contributed by atoms with van der Waals surface area (Å²) in [5.74, 6) is -2.50. The summed E-state index contributed by atoms with van der Waals surface area (Å²) in [6, 6.07) is 3.49. The van der Waals surface area contributed by atoms with Gasteiger partial charge in [0, 0.05) is 17.6 Å². The molecule has 1 aliphatic carbocycles. The zero-order chi connectivity index (χ0) is 14.8. The van der Waals surface area contributed by atoms with Crippen LogP contribution >= 0.6 is 0 Å². The van der Waals surface area contributed by atoms with Gasteiger partial charge in [-0.1, -0.05) is 12.8 Å². The number of amides is 1. The third kappa shape index (κ3) is 3.33. The van der Waals surface area contributed by atoms with Crippen LogP contribution in [0.15, 0.2) is 18.2 Å². The number of halogens is 1. The molecule has 1 amide bonds. The van der Waals surface area contributed by atoms with Gasteiger partial charge in [0.2, 0.25) is 5.91 Å². The standard InChI is InChI=1S/C14H17FN2O3/c15-11-7-9(3-4-10(11)13(19)20)17-12(18)8-14(16)5-1-2-6-14/h3-4,7H,1-2,5-6,8,16H2,(H,17,18)(H,19,20). The topological polar surface area (TPSA) is 92.4 Å². The van der Waals surface area contributed by atoms with Gasteiger partial charge in [0.05, 0.1) is 5.56 Å². The van der Waals surface area contributed by atoms with Crippen LogP contribution in [0.4, 0.5) is 10.1 Å². The van der Waals surface area contributed by atoms with Gasteiger partial charge in [-0.2, -0.15) is 0 Å². The molecular weight excluding hydrogens is 263 g/mol. The van der Waals surface area contributed by atoms with Crippen molar-refractivity contribution in [2.45, 2.75) is 37.6 Å². The molecule has 0 aliphatic heterocycles. The molecule has 0 aromatic heterocycles. The van der Waals surface area contributed by atoms with Crippen LogP contribution in [0.3, 0.4) is 0 Å². The first-order valence-corrected chi connectivity index (χ1v) is 6.51. The van der Waals surface area contributed by atoms with Crippen LogP contribution in [0.25, 0.3) is 0 Å². The Labute approximate surface area is 116 Å². The fourth-order valence-electron chi connectivity index (χ4n) is 2.55. The highest BCUT2D eigenvalue weighted by atomic mass is 19.1. The molecule has 20 heavy (non-hydrogen) atoms. The van der Waals surface area contributed by atoms with Gasteiger partial charge < -0.3 is 16.2 Å². The molecule has 0 unspecified atom stereocenters. The molecule has 108 valence electrons. The predicted molar refractivity (Wildman–Crippen MR) is 72.0 cm³/mol. The normalized spacial score (nSPS) is 16.9. The lowest BCUT2D eigenvalue weighted by Crippen LogP contribution is -2.40. The molecule has 2 rings (SSSR count). The Hall–Kier alpha value is -1.95. The Bertz CT molecular complexity index is 539. The number of hydrogen-bond donors (Lipinski definition) is 3. The number of carboxylic acid groups (broad SMARTS) is 1. The van der Waals surface area contributed by atoms with Crippen LogP contribution in [0.2, 0.25) is 0 Å². The van der Waals surface area contributed by atoms with Crippen LogP contribution in [-0.2, 0) is 4.79 Å². The molecule has 0 bridgehead atoms. The van der Waals surface area contributed by atoms with Gasteiger partial charge in [-0.25, -0.2) is 9.18 Å². The van der Waals surface area contributed by atoms with Crippen LogP contribution in [-0.4, -0.2) is 22.5 Å². The molecule has 5 nitrogen and oxygen atoms in total. The molecule has 0 saturated heterocycles. The number of aromatic carboxylic acids is 1. The van der Waals surface area contributed by atoms with Gasteiger partial charge in [-0.3, -0.25) is 4.79 Å². The number of carbonyl (C=O) groups excluding carboxylic acids is 1. The molecule has 6 heteroatoms. The van der Waals surface area contributed by atoms with E-state index < -0.39 is 22.9 Å². The molecule has 1 aromatic rings. The van der Waals surface area contributed by atoms with E-state index in [1.54, 1.807) is 0 Å². The molecule has 1 aromatic carbocycles. The second-order valence-electron chi connectivity index (χ2n) is 5.29. The first-order chi connectivity index (χ1) is 9.39. The summed E-state index contributed by atoms with van der Waals surface area (Å²) in [6.45, 7) is 0. The van der Waals surface area contributed by atoms with Gasteiger partial charge in [-0.05, 0) is 31.0 Å². The van der Waals surface area contributed by atoms with Crippen LogP contribution in [0.1, 0.15) is 42.5 Å². The third-order valence-electron chi connectivity index (χ3n) is 3.60. The predicted octanol–water partition coefficient (Wildman–Crippen LogP) is 2.12. The van der Waals surface area contributed by atoms with E-state index in [0.29, 0.717) is 0 Å². The van der Waals surface area contributed by atoms with Crippen molar-refractivity contribution >= 4 is 17.6 Å². The number of benzene rings is 1. The van der Waals surface area contributed by atoms with E-state index in [0.717, 1.165) is 37.8 Å². The van der Waals surface area contributed by atoms with Gasteiger partial charge in [0.15, 0.2) is 0 Å². The molecule has 4 N–H and O–H groups in total. The summed E-state index contributed by atoms with van der Waals surface area (Å²) in [5.41, 5.74) is 5.44. The molecular formula is C14H17FN2O3. The minimum Gasteiger partial charge on any atom is -0.478 e. The van der Waals surface area contributed by atoms with E-state index >= 15 is 0 Å². The molecule has 0 spiro atoms. The summed E-state index contributed by atoms with van der Waals surface area (Å²) < 4.78 is 13.5. The SMILES string of the molecule is NC1(CC(=O)Nc2ccc(C(=O)O)c(F)c2)CCCC1. The molecule has 1 saturated carbocycles. The minimum absolute atomic E-state index is 0.190. The largest absolute Gasteiger partial charge is 0.478 e. The van der Waals surface area contributed by atoms with Crippen molar-refractivity contribution in [1.29, 1.82) is 0 Å². The zero-order valence-corrected chi connectivity index (χ0v) is 11.0. The number of nitrogens with two attached hydrogens (primary N) is 1. The fourth-order valence-corrected chi connectivity index (χ4v) is 2.55. The van der Waals surface area contributed by atoms with Gasteiger partial charge in [-0.15, -0.1) is 0 Å². The first-order valence-electron chi connectivity index (χ1n) is 6.51. The zero-order valence-electron chi connectivity index (χ0n) is 11.0. The molecule has 0 heterocycles. The Morgan fingerprint density at radius 3 is 2.55 bits per heavy atom. The summed E-state index contributed by atoms with van der Waals surface area (Å²) >= 11 is 0. The Morgan fingerprint density at radius 1 is 1.35 bits per heavy atom. The second-order valence-corrected chi connectivity index (χ2v) is 5.29. The minimum atomic E-state index is -1.34. The monoisotopic (exact) mass is 280 g/mol. The van der Waals surface area contributed by atoms with E-state index in [4.69, 9.17) is 10.8 Å². The summed E-state index contributed by atoms with van der Waals surface area (Å²) in [7, 11) is 0. The first kappa shape index (κ1) is 14.5. The van der Waals surface area contributed by atoms with Crippen LogP contribution in [0.5, 0.6) is 0 Å². The molecule has 0 radical (unpaired) electrons. The van der Waals surface area contributed by atoms with Crippen LogP contribution in [0, 0.1) is 5.82 Å². The molecule has 1 aliphatic rings. The lowest BCUT2D eigenvalue weighted by atomic mass is 9.94. The Balaban J connectivity index is 2.01. The number of rotatable bonds is 4. The third-order valence-corrected chi connectivity index (χ3v) is 3.60. The summed E-state index contributed by atoms with van der Waals surface area (Å²) in [5, 5.41) is 11.3. The van der Waals surface area contributed by atoms with E-state index in [1.165, 1.54) is 6.07 Å². The highest BCUT2D eigenvalue weighted by Gasteiger charge is 2.31. The highest BCUT2D eigenvalue weighted by Crippen LogP contribution is 2.30. The maximum absolute atomic E-state index is 13.5. The number of hydrogen-bond acceptors (Lipinski definition) is 3. The van der Waals surface area contributed by atoms with Crippen molar-refractivity contribution in [3.8, 4) is 0 Å². The van der Waals surface area contributed by atoms with Crippen molar-refractivity contribution in [2.75, 3.05) is 5.32 Å². The fraction of sp³-hybridized carbons (Fsp3) is 0.429. The average Bonchev–Trinajstić information content (AvgIpc) is 2.74. The Morgan fingerprint density at radius 2 is 2.00 bits per heavy atom. The molecule has 0 atom stereocenters. The number of nitrogens with one attached hydrogen (secondary N) is 1. The van der Waals surface area contributed by atoms with E-state index in [2.05, 4.69) is 5.32 Å². The van der Waals surface area contributed by atoms with Crippen molar-refractivity contribution in [3.63, 3.8) is 0 Å². The van der Waals surface area contributed by atoms with Crippen molar-refractivity contribution in [3.05, 3.63) is 29.6 Å². The van der Waals surface area contributed by atoms with Gasteiger partial charge in [0.1, 0.15) is 5.82 Å². The lowest BCUT2D eigenvalue weighted by Gasteiger charge is -2.22. The smallest absolute Gasteiger partial charge is 0.338 e. The average molecular weight is 280 g/mol. The van der Waals surface area contributed by atoms with Crippen molar-refractivity contribution in [1.82, 2.24) is 0 Å². The van der Waals surface area contributed by atoms with E-state index in [-0.39, 0.29) is 18.0 Å². The quantitative estimate of drug-likeness (QED) is 0.787. The summed E-state index contributed by atoms with van der Waals surface area (Å²) in [4.78, 5) is 22.6. The van der Waals surface area contributed by atoms with Crippen molar-refractivity contribution < 1.29 is 19.1 Å². The maximum Gasteiger partial charge on any atom is 0.338 e. The number of anilines is 1. The maximum atomic E-state index is 13.5. The van der Waals surface area contributed by atoms with Gasteiger partial charge in [0.25, 0.3) is 0 Å². The lowest BCUT2D eigenvalue weighted by molar-refractivity contribution is -0.117. The summed E-state index contributed by atoms with van der Waals surface area (Å²) in [6.07, 6.45) is 3.85. The highest BCUT2D eigenvalue weighted by molar-refractivity contribution is 5.93. The van der Waals surface area contributed by atoms with Crippen LogP contribution < -0.4 is 11.1 Å². The molecule has 1 fully saturated rings. The van der Waals surface area contributed by atoms with E-state index in [9.17, 15) is 14.0 Å². The van der Waals surface area contributed by atoms with Gasteiger partial charge >= 0.3 is 5.97 Å². The Kier molecular flexibility index (Phi) is 4.04. The number of carbonyl (C=O) groups is 2. The van der Waals surface area contributed by atoms with E-state index in [1.807, 2.05) is 0 Å². The number of carboxylic acids is 1. The second kappa shape index (κ2) is 5.58.